The van der Waals surface area contributed by atoms with Crippen molar-refractivity contribution in [3.63, 3.8) is 0 Å². The molecular weight excluding hydrogens is 1690 g/mol. The van der Waals surface area contributed by atoms with Crippen LogP contribution in [0.2, 0.25) is 0 Å². The van der Waals surface area contributed by atoms with E-state index in [1.54, 1.807) is 48.5 Å². The second kappa shape index (κ2) is 42.5. The fourth-order valence-electron chi connectivity index (χ4n) is 17.7. The number of halogens is 4. The Morgan fingerprint density at radius 3 is 0.844 bits per heavy atom. The molecule has 0 saturated carbocycles. The molecule has 135 heavy (non-hydrogen) atoms. The Bertz CT molecular complexity index is 7170. The number of hydrogen-bond acceptors (Lipinski definition) is 12. The second-order valence-electron chi connectivity index (χ2n) is 34.2. The van der Waals surface area contributed by atoms with Crippen molar-refractivity contribution in [3.05, 3.63) is 463 Å². The van der Waals surface area contributed by atoms with Crippen molar-refractivity contribution < 1.29 is 36.7 Å². The maximum Gasteiger partial charge on any atom is 0.229 e. The Kier molecular flexibility index (Phi) is 28.2. The third-order valence-electron chi connectivity index (χ3n) is 24.4. The quantitative estimate of drug-likeness (QED) is 0.0440. The van der Waals surface area contributed by atoms with Crippen molar-refractivity contribution >= 4 is 57.7 Å². The van der Waals surface area contributed by atoms with E-state index >= 15 is 0 Å². The van der Waals surface area contributed by atoms with E-state index < -0.39 is 0 Å². The number of amides is 4. The van der Waals surface area contributed by atoms with Crippen LogP contribution in [0, 0.1) is 23.3 Å². The number of carbonyl (C=O) groups excluding carboxylic acids is 4. The molecule has 4 N–H and O–H groups in total. The Labute approximate surface area is 781 Å². The molecule has 13 aromatic carbocycles. The van der Waals surface area contributed by atoms with Crippen LogP contribution in [0.15, 0.2) is 328 Å². The predicted octanol–water partition coefficient (Wildman–Crippen LogP) is 22.9. The normalized spacial score (nSPS) is 12.1. The summed E-state index contributed by atoms with van der Waals surface area (Å²) in [6.45, 7) is 0. The number of anilines is 4. The lowest BCUT2D eigenvalue weighted by Crippen LogP contribution is -2.20. The third kappa shape index (κ3) is 23.0. The summed E-state index contributed by atoms with van der Waals surface area (Å²) in [7, 11) is 0. The summed E-state index contributed by atoms with van der Waals surface area (Å²) in [5.74, 6) is 0.675. The molecule has 0 atom stereocenters. The van der Waals surface area contributed by atoms with E-state index in [1.807, 2.05) is 237 Å². The van der Waals surface area contributed by atoms with Gasteiger partial charge in [0.05, 0.1) is 81.2 Å². The van der Waals surface area contributed by atoms with Gasteiger partial charge in [-0.15, -0.1) is 0 Å². The van der Waals surface area contributed by atoms with Crippen molar-refractivity contribution in [3.8, 4) is 45.0 Å². The van der Waals surface area contributed by atoms with Gasteiger partial charge in [-0.05, 0) is 221 Å². The number of aromatic nitrogens is 8. The summed E-state index contributed by atoms with van der Waals surface area (Å²) >= 11 is 0. The number of fused-ring (bicyclic) bond motifs is 13. The highest BCUT2D eigenvalue weighted by atomic mass is 19.1. The molecule has 0 fully saturated rings. The van der Waals surface area contributed by atoms with E-state index in [9.17, 15) is 36.7 Å². The molecule has 4 aliphatic carbocycles. The molecule has 0 radical (unpaired) electrons. The van der Waals surface area contributed by atoms with Gasteiger partial charge < -0.3 is 21.3 Å². The highest BCUT2D eigenvalue weighted by Gasteiger charge is 2.29. The number of carbonyl (C=O) groups is 4. The van der Waals surface area contributed by atoms with Gasteiger partial charge in [-0.1, -0.05) is 255 Å². The van der Waals surface area contributed by atoms with Gasteiger partial charge in [-0.3, -0.25) is 19.2 Å². The van der Waals surface area contributed by atoms with E-state index in [4.69, 9.17) is 39.9 Å². The average Bonchev–Trinajstić information content (AvgIpc) is 0.782. The van der Waals surface area contributed by atoms with Gasteiger partial charge >= 0.3 is 0 Å². The van der Waals surface area contributed by atoms with Crippen LogP contribution in [0.3, 0.4) is 0 Å². The summed E-state index contributed by atoms with van der Waals surface area (Å²) in [5, 5.41) is 14.3. The molecule has 17 aromatic rings. The molecule has 20 heteroatoms. The molecule has 0 aliphatic heterocycles. The zero-order valence-electron chi connectivity index (χ0n) is 74.3. The van der Waals surface area contributed by atoms with E-state index in [1.165, 1.54) is 29.8 Å². The minimum atomic E-state index is -0.243. The highest BCUT2D eigenvalue weighted by Crippen LogP contribution is 2.40. The topological polar surface area (TPSA) is 220 Å². The summed E-state index contributed by atoms with van der Waals surface area (Å²) in [4.78, 5) is 90.7. The van der Waals surface area contributed by atoms with E-state index in [0.717, 1.165) is 158 Å². The maximum absolute atomic E-state index is 13.8. The molecule has 668 valence electrons. The van der Waals surface area contributed by atoms with Crippen molar-refractivity contribution in [2.24, 2.45) is 0 Å². The zero-order valence-corrected chi connectivity index (χ0v) is 74.3. The van der Waals surface area contributed by atoms with Crippen LogP contribution < -0.4 is 21.3 Å². The smallest absolute Gasteiger partial charge is 0.229 e. The fraction of sp³-hybridized carbons (Fsp3) is 0.165. The van der Waals surface area contributed by atoms with Gasteiger partial charge in [0.1, 0.15) is 23.3 Å². The summed E-state index contributed by atoms with van der Waals surface area (Å²) in [6, 6.07) is 103. The Morgan fingerprint density at radius 2 is 0.511 bits per heavy atom. The van der Waals surface area contributed by atoms with Crippen molar-refractivity contribution in [2.45, 2.75) is 122 Å². The van der Waals surface area contributed by atoms with Crippen LogP contribution >= 0.6 is 0 Å². The lowest BCUT2D eigenvalue weighted by atomic mass is 9.91. The maximum atomic E-state index is 13.8. The number of nitrogens with zero attached hydrogens (tertiary/aromatic N) is 8. The molecule has 4 aromatic heterocycles. The summed E-state index contributed by atoms with van der Waals surface area (Å²) in [6.07, 6.45) is 11.2. The summed E-state index contributed by atoms with van der Waals surface area (Å²) < 4.78 is 55.1. The largest absolute Gasteiger partial charge is 0.309 e. The van der Waals surface area contributed by atoms with Gasteiger partial charge in [-0.2, -0.15) is 0 Å². The second-order valence-corrected chi connectivity index (χ2v) is 34.2. The minimum absolute atomic E-state index is 0.0576. The Balaban J connectivity index is 0.000000120. The first-order valence-electron chi connectivity index (χ1n) is 45.8. The summed E-state index contributed by atoms with van der Waals surface area (Å²) in [5.41, 5.74) is 25.3. The first-order chi connectivity index (χ1) is 66.1. The number of rotatable bonds is 23. The number of nitrogens with one attached hydrogen (secondary N) is 4. The van der Waals surface area contributed by atoms with Crippen molar-refractivity contribution in [1.82, 2.24) is 39.9 Å². The predicted molar refractivity (Wildman–Crippen MR) is 523 cm³/mol. The lowest BCUT2D eigenvalue weighted by Gasteiger charge is -2.21. The standard InChI is InChI=1S/C31H24FN3O.C29H26FN3O.C28H24FN3O.C27H22FN3O/c32-25-13-14-26-24(19-25)12-15-27-30(26)33-28(17-20-6-2-1-3-7-20)31(34-27)35-29(36)18-21-10-11-22-8-4-5-9-23(22)16-21;30-23-15-16-24-22(19-23)14-17-25-28(24)31-26(18-21-10-5-2-6-11-21)29(32-25)33-27(34)13-7-12-20-8-3-1-4-9-20;29-22-13-14-23-21(18-22)12-15-24-27(23)30-25(17-20-9-5-2-6-10-20)28(31-24)32-26(33)16-11-19-7-3-1-4-8-19;28-21-12-13-22-20(17-21)11-14-23-26(22)29-24(15-18-7-3-1-4-8-18)27(30-23)31-25(32)16-19-9-5-2-6-10-19/h1-11,13-14,16,19H,12,15,17-18H2,(H,34,35,36);1-6,8-11,15-16,19H,7,12-14,17-18H2,(H,32,33,34);1-10,13-14,18H,11-12,15-17H2,(H,31,32,33);1-10,12-13,17H,11,14-16H2,(H,30,31,32). The molecule has 4 amide bonds. The molecular formula is C115H96F4N12O4. The monoisotopic (exact) mass is 1780 g/mol. The number of aryl methyl sites for hydroxylation is 10. The van der Waals surface area contributed by atoms with Gasteiger partial charge in [-0.25, -0.2) is 57.4 Å². The minimum Gasteiger partial charge on any atom is -0.309 e. The Morgan fingerprint density at radius 1 is 0.237 bits per heavy atom. The molecule has 0 unspecified atom stereocenters. The van der Waals surface area contributed by atoms with Crippen LogP contribution in [-0.2, 0) is 122 Å². The molecule has 4 aliphatic rings. The molecule has 4 heterocycles. The number of hydrogen-bond donors (Lipinski definition) is 4. The van der Waals surface area contributed by atoms with E-state index in [2.05, 4.69) is 39.5 Å². The Hall–Kier alpha value is -16.0. The first kappa shape index (κ1) is 89.6. The van der Waals surface area contributed by atoms with Gasteiger partial charge in [0, 0.05) is 60.8 Å². The molecule has 0 spiro atoms. The molecule has 0 saturated heterocycles. The van der Waals surface area contributed by atoms with E-state index in [-0.39, 0.29) is 59.7 Å². The van der Waals surface area contributed by atoms with Crippen LogP contribution in [-0.4, -0.2) is 63.5 Å². The first-order valence-corrected chi connectivity index (χ1v) is 45.8. The third-order valence-corrected chi connectivity index (χ3v) is 24.4. The SMILES string of the molecule is O=C(CCCc1ccccc1)Nc1nc2c(nc1Cc1ccccc1)-c1ccc(F)cc1CC2.O=C(CCc1ccccc1)Nc1nc2c(nc1Cc1ccccc1)-c1ccc(F)cc1CC2.O=C(Cc1ccc2ccccc2c1)Nc1nc2c(nc1Cc1ccccc1)-c1ccc(F)cc1CC2.O=C(Cc1ccccc1)Nc1nc2c(nc1Cc1ccccc1)-c1ccc(F)cc1CC2. The van der Waals surface area contributed by atoms with Crippen molar-refractivity contribution in [2.75, 3.05) is 21.3 Å². The molecule has 21 rings (SSSR count). The van der Waals surface area contributed by atoms with Gasteiger partial charge in [0.15, 0.2) is 23.3 Å². The molecule has 16 nitrogen and oxygen atoms in total. The van der Waals surface area contributed by atoms with Crippen LogP contribution in [0.1, 0.15) is 132 Å². The fourth-order valence-corrected chi connectivity index (χ4v) is 17.7. The van der Waals surface area contributed by atoms with Crippen LogP contribution in [0.5, 0.6) is 0 Å². The highest BCUT2D eigenvalue weighted by molar-refractivity contribution is 5.95. The zero-order chi connectivity index (χ0) is 92.4. The lowest BCUT2D eigenvalue weighted by molar-refractivity contribution is -0.117. The van der Waals surface area contributed by atoms with Gasteiger partial charge in [0.2, 0.25) is 23.6 Å². The molecule has 0 bridgehead atoms. The van der Waals surface area contributed by atoms with E-state index in [0.29, 0.717) is 137 Å². The average molecular weight is 1790 g/mol. The van der Waals surface area contributed by atoms with Crippen molar-refractivity contribution in [1.29, 1.82) is 0 Å². The van der Waals surface area contributed by atoms with Crippen LogP contribution in [0.4, 0.5) is 40.8 Å². The number of benzene rings is 13. The van der Waals surface area contributed by atoms with Gasteiger partial charge in [0.25, 0.3) is 0 Å². The van der Waals surface area contributed by atoms with Crippen LogP contribution in [0.25, 0.3) is 55.8 Å².